The van der Waals surface area contributed by atoms with E-state index in [9.17, 15) is 17.6 Å². The quantitative estimate of drug-likeness (QED) is 0.646. The number of carbonyl (C=O) groups is 1. The molecule has 0 bridgehead atoms. The minimum atomic E-state index is -3.72. The van der Waals surface area contributed by atoms with Crippen LogP contribution in [0.25, 0.3) is 0 Å². The molecule has 0 heterocycles. The summed E-state index contributed by atoms with van der Waals surface area (Å²) in [7, 11) is -3.72. The highest BCUT2D eigenvalue weighted by molar-refractivity contribution is 7.89. The van der Waals surface area contributed by atoms with Gasteiger partial charge in [-0.2, -0.15) is 0 Å². The lowest BCUT2D eigenvalue weighted by Crippen LogP contribution is -2.35. The van der Waals surface area contributed by atoms with Gasteiger partial charge in [0.05, 0.1) is 10.3 Å². The maximum atomic E-state index is 14.0. The molecule has 0 atom stereocenters. The number of nitrogens with one attached hydrogen (secondary N) is 2. The van der Waals surface area contributed by atoms with Crippen LogP contribution in [-0.2, 0) is 20.2 Å². The van der Waals surface area contributed by atoms with Crippen LogP contribution in [0.1, 0.15) is 19.4 Å². The van der Waals surface area contributed by atoms with Gasteiger partial charge in [-0.15, -0.1) is 12.4 Å². The second-order valence-corrected chi connectivity index (χ2v) is 8.04. The standard InChI is InChI=1S/C18H22FN3O3S.ClH/c1-18(2,15-8-3-4-9-16(15)19)17(23)22-13-6-5-7-14(12-13)26(24,25)21-11-10-20;/h3-9,12,21H,10-11,20H2,1-2H3,(H,22,23);1H. The largest absolute Gasteiger partial charge is 0.329 e. The van der Waals surface area contributed by atoms with Gasteiger partial charge >= 0.3 is 0 Å². The highest BCUT2D eigenvalue weighted by atomic mass is 35.5. The zero-order valence-electron chi connectivity index (χ0n) is 15.0. The predicted molar refractivity (Wildman–Crippen MR) is 106 cm³/mol. The van der Waals surface area contributed by atoms with E-state index >= 15 is 0 Å². The predicted octanol–water partition coefficient (Wildman–Crippen LogP) is 2.40. The first-order valence-electron chi connectivity index (χ1n) is 8.05. The normalized spacial score (nSPS) is 11.6. The number of amides is 1. The number of carbonyl (C=O) groups excluding carboxylic acids is 1. The van der Waals surface area contributed by atoms with Crippen LogP contribution in [0.3, 0.4) is 0 Å². The molecular weight excluding hydrogens is 393 g/mol. The van der Waals surface area contributed by atoms with Crippen molar-refractivity contribution in [3.05, 3.63) is 59.9 Å². The van der Waals surface area contributed by atoms with Gasteiger partial charge in [-0.25, -0.2) is 17.5 Å². The molecule has 0 saturated heterocycles. The Balaban J connectivity index is 0.00000364. The minimum absolute atomic E-state index is 0. The Kier molecular flexibility index (Phi) is 7.91. The maximum absolute atomic E-state index is 14.0. The van der Waals surface area contributed by atoms with Gasteiger partial charge in [-0.05, 0) is 38.1 Å². The van der Waals surface area contributed by atoms with E-state index in [1.807, 2.05) is 0 Å². The highest BCUT2D eigenvalue weighted by Crippen LogP contribution is 2.27. The summed E-state index contributed by atoms with van der Waals surface area (Å²) < 4.78 is 40.7. The first-order chi connectivity index (χ1) is 12.2. The van der Waals surface area contributed by atoms with Gasteiger partial charge in [0, 0.05) is 24.3 Å². The zero-order chi connectivity index (χ0) is 19.4. The van der Waals surface area contributed by atoms with Crippen LogP contribution < -0.4 is 15.8 Å². The number of benzene rings is 2. The van der Waals surface area contributed by atoms with Crippen LogP contribution in [0.5, 0.6) is 0 Å². The summed E-state index contributed by atoms with van der Waals surface area (Å²) in [6.45, 7) is 3.49. The van der Waals surface area contributed by atoms with Crippen LogP contribution >= 0.6 is 12.4 Å². The van der Waals surface area contributed by atoms with Gasteiger partial charge in [-0.1, -0.05) is 24.3 Å². The Morgan fingerprint density at radius 3 is 2.44 bits per heavy atom. The van der Waals surface area contributed by atoms with Gasteiger partial charge in [0.25, 0.3) is 0 Å². The third-order valence-electron chi connectivity index (χ3n) is 3.95. The van der Waals surface area contributed by atoms with Crippen molar-refractivity contribution in [2.45, 2.75) is 24.2 Å². The molecule has 148 valence electrons. The van der Waals surface area contributed by atoms with Crippen molar-refractivity contribution in [1.82, 2.24) is 4.72 Å². The number of sulfonamides is 1. The number of rotatable bonds is 7. The molecule has 0 aliphatic rings. The van der Waals surface area contributed by atoms with Crippen molar-refractivity contribution in [1.29, 1.82) is 0 Å². The summed E-state index contributed by atoms with van der Waals surface area (Å²) in [5.41, 5.74) is 4.73. The second-order valence-electron chi connectivity index (χ2n) is 6.27. The molecule has 9 heteroatoms. The van der Waals surface area contributed by atoms with Crippen LogP contribution in [0.2, 0.25) is 0 Å². The van der Waals surface area contributed by atoms with E-state index < -0.39 is 27.2 Å². The van der Waals surface area contributed by atoms with Gasteiger partial charge < -0.3 is 11.1 Å². The van der Waals surface area contributed by atoms with Gasteiger partial charge in [0.1, 0.15) is 5.82 Å². The molecule has 0 fully saturated rings. The molecule has 27 heavy (non-hydrogen) atoms. The first kappa shape index (κ1) is 23.0. The second kappa shape index (κ2) is 9.27. The van der Waals surface area contributed by atoms with Gasteiger partial charge in [0.15, 0.2) is 0 Å². The van der Waals surface area contributed by atoms with Crippen LogP contribution in [-0.4, -0.2) is 27.4 Å². The van der Waals surface area contributed by atoms with E-state index in [4.69, 9.17) is 5.73 Å². The molecule has 2 aromatic carbocycles. The average Bonchev–Trinajstić information content (AvgIpc) is 2.60. The van der Waals surface area contributed by atoms with Crippen molar-refractivity contribution in [3.8, 4) is 0 Å². The molecule has 6 nitrogen and oxygen atoms in total. The monoisotopic (exact) mass is 415 g/mol. The summed E-state index contributed by atoms with van der Waals surface area (Å²) in [5, 5.41) is 2.65. The van der Waals surface area contributed by atoms with E-state index in [1.165, 1.54) is 24.3 Å². The number of hydrogen-bond acceptors (Lipinski definition) is 4. The molecule has 0 saturated carbocycles. The van der Waals surface area contributed by atoms with Crippen molar-refractivity contribution in [2.75, 3.05) is 18.4 Å². The summed E-state index contributed by atoms with van der Waals surface area (Å²) in [6, 6.07) is 11.9. The molecule has 2 aromatic rings. The highest BCUT2D eigenvalue weighted by Gasteiger charge is 2.32. The third kappa shape index (κ3) is 5.49. The first-order valence-corrected chi connectivity index (χ1v) is 9.53. The lowest BCUT2D eigenvalue weighted by molar-refractivity contribution is -0.120. The van der Waals surface area contributed by atoms with E-state index in [0.29, 0.717) is 5.69 Å². The zero-order valence-corrected chi connectivity index (χ0v) is 16.7. The number of hydrogen-bond donors (Lipinski definition) is 3. The van der Waals surface area contributed by atoms with E-state index in [1.54, 1.807) is 38.1 Å². The van der Waals surface area contributed by atoms with Crippen LogP contribution in [0.4, 0.5) is 10.1 Å². The van der Waals surface area contributed by atoms with Crippen LogP contribution in [0.15, 0.2) is 53.4 Å². The van der Waals surface area contributed by atoms with Crippen LogP contribution in [0, 0.1) is 5.82 Å². The smallest absolute Gasteiger partial charge is 0.240 e. The molecule has 0 aliphatic heterocycles. The Morgan fingerprint density at radius 1 is 1.15 bits per heavy atom. The maximum Gasteiger partial charge on any atom is 0.240 e. The fourth-order valence-electron chi connectivity index (χ4n) is 2.40. The molecule has 1 amide bonds. The summed E-state index contributed by atoms with van der Waals surface area (Å²) >= 11 is 0. The Bertz CT molecular complexity index is 904. The molecular formula is C18H23ClFN3O3S. The van der Waals surface area contributed by atoms with Crippen molar-refractivity contribution in [2.24, 2.45) is 5.73 Å². The van der Waals surface area contributed by atoms with Gasteiger partial charge in [0.2, 0.25) is 15.9 Å². The molecule has 0 aromatic heterocycles. The summed E-state index contributed by atoms with van der Waals surface area (Å²) in [5.74, 6) is -0.929. The Labute approximate surface area is 164 Å². The SMILES string of the molecule is CC(C)(C(=O)Nc1cccc(S(=O)(=O)NCCN)c1)c1ccccc1F.Cl. The fraction of sp³-hybridized carbons (Fsp3) is 0.278. The Hall–Kier alpha value is -2.00. The fourth-order valence-corrected chi connectivity index (χ4v) is 3.49. The molecule has 0 aliphatic carbocycles. The average molecular weight is 416 g/mol. The summed E-state index contributed by atoms with van der Waals surface area (Å²) in [6.07, 6.45) is 0. The molecule has 0 unspecified atom stereocenters. The lowest BCUT2D eigenvalue weighted by Gasteiger charge is -2.24. The molecule has 0 spiro atoms. The van der Waals surface area contributed by atoms with E-state index in [2.05, 4.69) is 10.0 Å². The lowest BCUT2D eigenvalue weighted by atomic mass is 9.83. The van der Waals surface area contributed by atoms with Crippen molar-refractivity contribution in [3.63, 3.8) is 0 Å². The molecule has 2 rings (SSSR count). The Morgan fingerprint density at radius 2 is 1.81 bits per heavy atom. The van der Waals surface area contributed by atoms with Gasteiger partial charge in [-0.3, -0.25) is 4.79 Å². The van der Waals surface area contributed by atoms with E-state index in [-0.39, 0.29) is 36.0 Å². The number of anilines is 1. The third-order valence-corrected chi connectivity index (χ3v) is 5.41. The van der Waals surface area contributed by atoms with Crippen molar-refractivity contribution >= 4 is 34.0 Å². The number of nitrogens with two attached hydrogens (primary N) is 1. The molecule has 4 N–H and O–H groups in total. The van der Waals surface area contributed by atoms with E-state index in [0.717, 1.165) is 0 Å². The summed E-state index contributed by atoms with van der Waals surface area (Å²) in [4.78, 5) is 12.7. The van der Waals surface area contributed by atoms with Crippen molar-refractivity contribution < 1.29 is 17.6 Å². The topological polar surface area (TPSA) is 101 Å². The number of halogens is 2. The minimum Gasteiger partial charge on any atom is -0.329 e. The molecule has 0 radical (unpaired) electrons.